The summed E-state index contributed by atoms with van der Waals surface area (Å²) in [6, 6.07) is 17.1. The van der Waals surface area contributed by atoms with E-state index in [0.717, 1.165) is 17.6 Å². The minimum Gasteiger partial charge on any atom is -0.339 e. The first-order chi connectivity index (χ1) is 10.2. The maximum atomic E-state index is 3.58. The number of halogens is 1. The predicted octanol–water partition coefficient (Wildman–Crippen LogP) is 4.71. The Morgan fingerprint density at radius 2 is 1.90 bits per heavy atom. The topological polar surface area (TPSA) is 24.0 Å². The van der Waals surface area contributed by atoms with Gasteiger partial charge < -0.3 is 10.00 Å². The third-order valence-corrected chi connectivity index (χ3v) is 4.54. The van der Waals surface area contributed by atoms with Gasteiger partial charge in [0.05, 0.1) is 23.6 Å². The summed E-state index contributed by atoms with van der Waals surface area (Å²) in [7, 11) is 0. The van der Waals surface area contributed by atoms with Gasteiger partial charge in [-0.15, -0.1) is 0 Å². The lowest BCUT2D eigenvalue weighted by Crippen LogP contribution is -2.22. The SMILES string of the molecule is Cc1[nH]n2c1-c1ccccc1N(c1cccc(Br)c1)CC2. The van der Waals surface area contributed by atoms with Gasteiger partial charge in [0.2, 0.25) is 0 Å². The molecule has 1 aliphatic rings. The molecular formula is C17H16BrN3. The summed E-state index contributed by atoms with van der Waals surface area (Å²) in [5, 5.41) is 3.39. The quantitative estimate of drug-likeness (QED) is 0.681. The Labute approximate surface area is 132 Å². The first kappa shape index (κ1) is 12.8. The highest BCUT2D eigenvalue weighted by Gasteiger charge is 2.23. The smallest absolute Gasteiger partial charge is 0.0870 e. The van der Waals surface area contributed by atoms with Crippen LogP contribution in [0.25, 0.3) is 11.3 Å². The Balaban J connectivity index is 1.89. The number of H-pyrrole nitrogens is 1. The van der Waals surface area contributed by atoms with Crippen molar-refractivity contribution in [2.24, 2.45) is 0 Å². The number of benzene rings is 2. The standard InChI is InChI=1S/C17H16BrN3/c1-12-17-15-7-2-3-8-16(15)20(9-10-21(17)19-12)14-6-4-5-13(18)11-14/h2-8,11,19H,9-10H2,1H3. The van der Waals surface area contributed by atoms with Crippen molar-refractivity contribution in [3.05, 3.63) is 58.7 Å². The number of nitrogens with one attached hydrogen (secondary N) is 1. The number of fused-ring (bicyclic) bond motifs is 3. The average molecular weight is 342 g/mol. The van der Waals surface area contributed by atoms with Crippen LogP contribution >= 0.6 is 15.9 Å². The van der Waals surface area contributed by atoms with Gasteiger partial charge >= 0.3 is 0 Å². The van der Waals surface area contributed by atoms with E-state index >= 15 is 0 Å². The molecule has 3 aromatic rings. The van der Waals surface area contributed by atoms with E-state index in [4.69, 9.17) is 0 Å². The van der Waals surface area contributed by atoms with Crippen LogP contribution in [-0.4, -0.2) is 16.3 Å². The third kappa shape index (κ3) is 2.02. The van der Waals surface area contributed by atoms with Crippen LogP contribution in [0.2, 0.25) is 0 Å². The number of hydrogen-bond donors (Lipinski definition) is 1. The van der Waals surface area contributed by atoms with Gasteiger partial charge in [-0.25, -0.2) is 0 Å². The predicted molar refractivity (Wildman–Crippen MR) is 90.1 cm³/mol. The fraction of sp³-hybridized carbons (Fsp3) is 0.176. The van der Waals surface area contributed by atoms with Crippen LogP contribution in [0.4, 0.5) is 11.4 Å². The van der Waals surface area contributed by atoms with Crippen molar-refractivity contribution in [3.8, 4) is 11.3 Å². The summed E-state index contributed by atoms with van der Waals surface area (Å²) in [5.74, 6) is 0. The second-order valence-electron chi connectivity index (χ2n) is 5.39. The van der Waals surface area contributed by atoms with Gasteiger partial charge in [0, 0.05) is 22.3 Å². The number of aryl methyl sites for hydroxylation is 1. The third-order valence-electron chi connectivity index (χ3n) is 4.04. The number of aromatic nitrogens is 2. The zero-order valence-corrected chi connectivity index (χ0v) is 13.4. The summed E-state index contributed by atoms with van der Waals surface area (Å²) >= 11 is 3.58. The largest absolute Gasteiger partial charge is 0.339 e. The number of aromatic amines is 1. The maximum Gasteiger partial charge on any atom is 0.0870 e. The normalized spacial score (nSPS) is 13.7. The van der Waals surface area contributed by atoms with Gasteiger partial charge in [0.25, 0.3) is 0 Å². The van der Waals surface area contributed by atoms with E-state index in [0.29, 0.717) is 0 Å². The van der Waals surface area contributed by atoms with Crippen LogP contribution in [0, 0.1) is 6.92 Å². The minimum absolute atomic E-state index is 0.956. The van der Waals surface area contributed by atoms with Gasteiger partial charge in [0.1, 0.15) is 0 Å². The summed E-state index contributed by atoms with van der Waals surface area (Å²) in [6.45, 7) is 4.06. The molecule has 1 aromatic heterocycles. The van der Waals surface area contributed by atoms with Crippen molar-refractivity contribution in [1.82, 2.24) is 9.78 Å². The lowest BCUT2D eigenvalue weighted by molar-refractivity contribution is 0.575. The number of rotatable bonds is 1. The summed E-state index contributed by atoms with van der Waals surface area (Å²) in [6.07, 6.45) is 0. The summed E-state index contributed by atoms with van der Waals surface area (Å²) in [4.78, 5) is 2.39. The van der Waals surface area contributed by atoms with E-state index in [-0.39, 0.29) is 0 Å². The van der Waals surface area contributed by atoms with Crippen molar-refractivity contribution >= 4 is 27.3 Å². The van der Waals surface area contributed by atoms with Gasteiger partial charge in [0.15, 0.2) is 0 Å². The zero-order valence-electron chi connectivity index (χ0n) is 11.8. The van der Waals surface area contributed by atoms with Gasteiger partial charge in [-0.1, -0.05) is 40.2 Å². The minimum atomic E-state index is 0.956. The van der Waals surface area contributed by atoms with Crippen LogP contribution < -0.4 is 4.90 Å². The van der Waals surface area contributed by atoms with E-state index in [2.05, 4.69) is 86.1 Å². The monoisotopic (exact) mass is 341 g/mol. The Kier molecular flexibility index (Phi) is 2.93. The number of hydrogen-bond acceptors (Lipinski definition) is 1. The highest BCUT2D eigenvalue weighted by molar-refractivity contribution is 9.10. The molecule has 0 unspecified atom stereocenters. The van der Waals surface area contributed by atoms with E-state index in [1.54, 1.807) is 0 Å². The van der Waals surface area contributed by atoms with Crippen LogP contribution in [0.5, 0.6) is 0 Å². The molecule has 0 saturated carbocycles. The van der Waals surface area contributed by atoms with Crippen molar-refractivity contribution in [3.63, 3.8) is 0 Å². The number of anilines is 2. The average Bonchev–Trinajstić information content (AvgIpc) is 2.60. The van der Waals surface area contributed by atoms with E-state index in [9.17, 15) is 0 Å². The van der Waals surface area contributed by atoms with Crippen LogP contribution in [0.15, 0.2) is 53.0 Å². The summed E-state index contributed by atoms with van der Waals surface area (Å²) < 4.78 is 3.35. The molecule has 3 nitrogen and oxygen atoms in total. The number of nitrogens with zero attached hydrogens (tertiary/aromatic N) is 2. The van der Waals surface area contributed by atoms with Crippen molar-refractivity contribution < 1.29 is 0 Å². The molecule has 4 rings (SSSR count). The highest BCUT2D eigenvalue weighted by atomic mass is 79.9. The summed E-state index contributed by atoms with van der Waals surface area (Å²) in [5.41, 5.74) is 6.36. The first-order valence-electron chi connectivity index (χ1n) is 7.11. The van der Waals surface area contributed by atoms with Crippen molar-refractivity contribution in [2.45, 2.75) is 13.5 Å². The van der Waals surface area contributed by atoms with Gasteiger partial charge in [-0.3, -0.25) is 4.68 Å². The molecule has 0 bridgehead atoms. The Morgan fingerprint density at radius 1 is 1.05 bits per heavy atom. The molecule has 0 radical (unpaired) electrons. The first-order valence-corrected chi connectivity index (χ1v) is 7.91. The van der Waals surface area contributed by atoms with Gasteiger partial charge in [-0.05, 0) is 31.2 Å². The van der Waals surface area contributed by atoms with Crippen molar-refractivity contribution in [1.29, 1.82) is 0 Å². The highest BCUT2D eigenvalue weighted by Crippen LogP contribution is 2.39. The fourth-order valence-electron chi connectivity index (χ4n) is 3.12. The molecule has 0 spiro atoms. The van der Waals surface area contributed by atoms with E-state index in [1.807, 2.05) is 0 Å². The Morgan fingerprint density at radius 3 is 2.71 bits per heavy atom. The molecule has 2 aromatic carbocycles. The van der Waals surface area contributed by atoms with Crippen LogP contribution in [-0.2, 0) is 6.54 Å². The molecule has 0 aliphatic carbocycles. The lowest BCUT2D eigenvalue weighted by atomic mass is 10.1. The second kappa shape index (κ2) is 4.81. The molecule has 2 heterocycles. The van der Waals surface area contributed by atoms with E-state index in [1.165, 1.54) is 28.3 Å². The van der Waals surface area contributed by atoms with Crippen molar-refractivity contribution in [2.75, 3.05) is 11.4 Å². The maximum absolute atomic E-state index is 3.58. The molecular weight excluding hydrogens is 326 g/mol. The molecule has 1 N–H and O–H groups in total. The molecule has 1 aliphatic heterocycles. The Bertz CT molecular complexity index is 800. The molecule has 106 valence electrons. The molecule has 0 saturated heterocycles. The second-order valence-corrected chi connectivity index (χ2v) is 6.30. The molecule has 0 fully saturated rings. The molecule has 0 amide bonds. The zero-order chi connectivity index (χ0) is 14.4. The van der Waals surface area contributed by atoms with Crippen LogP contribution in [0.3, 0.4) is 0 Å². The lowest BCUT2D eigenvalue weighted by Gasteiger charge is -2.24. The molecule has 4 heteroatoms. The van der Waals surface area contributed by atoms with E-state index < -0.39 is 0 Å². The molecule has 21 heavy (non-hydrogen) atoms. The Hall–Kier alpha value is -1.94. The molecule has 0 atom stereocenters. The fourth-order valence-corrected chi connectivity index (χ4v) is 3.50. The van der Waals surface area contributed by atoms with Crippen LogP contribution in [0.1, 0.15) is 5.69 Å². The van der Waals surface area contributed by atoms with Gasteiger partial charge in [-0.2, -0.15) is 0 Å². The number of para-hydroxylation sites is 1.